The van der Waals surface area contributed by atoms with Crippen molar-refractivity contribution in [3.05, 3.63) is 29.6 Å². The highest BCUT2D eigenvalue weighted by Gasteiger charge is 2.41. The van der Waals surface area contributed by atoms with Crippen LogP contribution in [0.3, 0.4) is 0 Å². The zero-order valence-corrected chi connectivity index (χ0v) is 10.6. The van der Waals surface area contributed by atoms with E-state index in [0.29, 0.717) is 24.0 Å². The van der Waals surface area contributed by atoms with E-state index in [9.17, 15) is 14.7 Å². The van der Waals surface area contributed by atoms with Gasteiger partial charge in [-0.2, -0.15) is 0 Å². The predicted octanol–water partition coefficient (Wildman–Crippen LogP) is 1.37. The van der Waals surface area contributed by atoms with Gasteiger partial charge in [0.05, 0.1) is 23.3 Å². The molecule has 0 atom stereocenters. The van der Waals surface area contributed by atoms with Crippen LogP contribution >= 0.6 is 0 Å². The summed E-state index contributed by atoms with van der Waals surface area (Å²) >= 11 is 0. The molecule has 0 saturated heterocycles. The van der Waals surface area contributed by atoms with Gasteiger partial charge < -0.3 is 5.11 Å². The minimum atomic E-state index is -0.918. The van der Waals surface area contributed by atoms with Gasteiger partial charge in [-0.25, -0.2) is 0 Å². The van der Waals surface area contributed by atoms with Crippen molar-refractivity contribution in [3.8, 4) is 0 Å². The molecule has 1 aromatic rings. The lowest BCUT2D eigenvalue weighted by atomic mass is 9.84. The Morgan fingerprint density at radius 3 is 2.53 bits per heavy atom. The van der Waals surface area contributed by atoms with E-state index >= 15 is 0 Å². The first kappa shape index (κ1) is 12.3. The second-order valence-electron chi connectivity index (χ2n) is 5.40. The molecule has 3 rings (SSSR count). The molecule has 2 aliphatic rings. The number of imide groups is 1. The first-order chi connectivity index (χ1) is 9.11. The lowest BCUT2D eigenvalue weighted by Gasteiger charge is -2.34. The lowest BCUT2D eigenvalue weighted by Crippen LogP contribution is -2.46. The molecule has 0 aromatic carbocycles. The third-order valence-electron chi connectivity index (χ3n) is 4.01. The fourth-order valence-electron chi connectivity index (χ4n) is 2.94. The Balaban J connectivity index is 1.84. The van der Waals surface area contributed by atoms with Crippen molar-refractivity contribution in [2.45, 2.75) is 37.7 Å². The fraction of sp³-hybridized carbons (Fsp3) is 0.500. The third kappa shape index (κ3) is 2.04. The van der Waals surface area contributed by atoms with Crippen molar-refractivity contribution in [1.82, 2.24) is 9.88 Å². The van der Waals surface area contributed by atoms with Gasteiger partial charge in [-0.05, 0) is 18.9 Å². The van der Waals surface area contributed by atoms with Crippen LogP contribution < -0.4 is 0 Å². The van der Waals surface area contributed by atoms with Crippen LogP contribution in [0.25, 0.3) is 0 Å². The Hall–Kier alpha value is -1.75. The van der Waals surface area contributed by atoms with E-state index in [4.69, 9.17) is 0 Å². The molecule has 0 unspecified atom stereocenters. The van der Waals surface area contributed by atoms with Crippen molar-refractivity contribution in [2.24, 2.45) is 0 Å². The molecule has 0 spiro atoms. The topological polar surface area (TPSA) is 70.5 Å². The van der Waals surface area contributed by atoms with E-state index in [2.05, 4.69) is 4.98 Å². The maximum atomic E-state index is 12.2. The van der Waals surface area contributed by atoms with Crippen LogP contribution in [-0.4, -0.2) is 39.0 Å². The molecule has 1 fully saturated rings. The number of nitrogens with zero attached hydrogens (tertiary/aromatic N) is 2. The summed E-state index contributed by atoms with van der Waals surface area (Å²) in [4.78, 5) is 29.4. The summed E-state index contributed by atoms with van der Waals surface area (Å²) in [7, 11) is 0. The number of β-amino-alcohol motifs (C(OH)–C–C–N with tert-alkyl or cyclic N) is 1. The van der Waals surface area contributed by atoms with Gasteiger partial charge in [0.1, 0.15) is 0 Å². The molecule has 100 valence electrons. The average molecular weight is 260 g/mol. The number of aliphatic hydroxyl groups is 1. The third-order valence-corrected chi connectivity index (χ3v) is 4.01. The number of hydrogen-bond acceptors (Lipinski definition) is 4. The first-order valence-electron chi connectivity index (χ1n) is 6.63. The summed E-state index contributed by atoms with van der Waals surface area (Å²) in [6, 6.07) is 1.56. The monoisotopic (exact) mass is 260 g/mol. The molecule has 1 aliphatic heterocycles. The maximum absolute atomic E-state index is 12.2. The van der Waals surface area contributed by atoms with Crippen LogP contribution in [0.5, 0.6) is 0 Å². The molecule has 1 N–H and O–H groups in total. The van der Waals surface area contributed by atoms with E-state index in [1.807, 2.05) is 0 Å². The molecule has 1 saturated carbocycles. The van der Waals surface area contributed by atoms with Crippen molar-refractivity contribution in [2.75, 3.05) is 6.54 Å². The lowest BCUT2D eigenvalue weighted by molar-refractivity contribution is -0.0177. The van der Waals surface area contributed by atoms with Crippen LogP contribution in [0.15, 0.2) is 18.5 Å². The maximum Gasteiger partial charge on any atom is 0.263 e. The second-order valence-corrected chi connectivity index (χ2v) is 5.40. The molecule has 1 aliphatic carbocycles. The van der Waals surface area contributed by atoms with E-state index in [-0.39, 0.29) is 18.4 Å². The minimum absolute atomic E-state index is 0.0966. The zero-order valence-electron chi connectivity index (χ0n) is 10.6. The number of carbonyl (C=O) groups excluding carboxylic acids is 2. The molecule has 0 radical (unpaired) electrons. The first-order valence-corrected chi connectivity index (χ1v) is 6.63. The molecule has 2 amide bonds. The average Bonchev–Trinajstić information content (AvgIpc) is 2.65. The van der Waals surface area contributed by atoms with Crippen molar-refractivity contribution in [1.29, 1.82) is 0 Å². The normalized spacial score (nSPS) is 21.6. The molecule has 0 bridgehead atoms. The molecule has 2 heterocycles. The number of rotatable bonds is 2. The van der Waals surface area contributed by atoms with Crippen LogP contribution in [0.2, 0.25) is 0 Å². The summed E-state index contributed by atoms with van der Waals surface area (Å²) in [5.41, 5.74) is -0.190. The Bertz CT molecular complexity index is 500. The van der Waals surface area contributed by atoms with Gasteiger partial charge in [-0.1, -0.05) is 19.3 Å². The highest BCUT2D eigenvalue weighted by atomic mass is 16.3. The highest BCUT2D eigenvalue weighted by Crippen LogP contribution is 2.31. The number of fused-ring (bicyclic) bond motifs is 1. The van der Waals surface area contributed by atoms with Gasteiger partial charge in [0, 0.05) is 12.4 Å². The summed E-state index contributed by atoms with van der Waals surface area (Å²) in [5.74, 6) is -0.659. The fourth-order valence-corrected chi connectivity index (χ4v) is 2.94. The number of aromatic nitrogens is 1. The van der Waals surface area contributed by atoms with Gasteiger partial charge in [0.25, 0.3) is 11.8 Å². The standard InChI is InChI=1S/C14H16N2O3/c17-12-10-4-7-15-8-11(10)13(18)16(12)9-14(19)5-2-1-3-6-14/h4,7-8,19H,1-3,5-6,9H2. The zero-order chi connectivity index (χ0) is 13.5. The summed E-state index contributed by atoms with van der Waals surface area (Å²) in [5, 5.41) is 10.5. The Labute approximate surface area is 111 Å². The van der Waals surface area contributed by atoms with Crippen LogP contribution in [0.4, 0.5) is 0 Å². The van der Waals surface area contributed by atoms with Gasteiger partial charge in [0.15, 0.2) is 0 Å². The summed E-state index contributed by atoms with van der Waals surface area (Å²) < 4.78 is 0. The predicted molar refractivity (Wildman–Crippen MR) is 67.6 cm³/mol. The summed E-state index contributed by atoms with van der Waals surface area (Å²) in [6.45, 7) is 0.0966. The van der Waals surface area contributed by atoms with Crippen molar-refractivity contribution in [3.63, 3.8) is 0 Å². The van der Waals surface area contributed by atoms with Crippen LogP contribution in [-0.2, 0) is 0 Å². The number of carbonyl (C=O) groups is 2. The molecule has 5 heteroatoms. The second kappa shape index (κ2) is 4.42. The van der Waals surface area contributed by atoms with E-state index in [0.717, 1.165) is 24.2 Å². The Morgan fingerprint density at radius 2 is 1.84 bits per heavy atom. The van der Waals surface area contributed by atoms with E-state index in [1.165, 1.54) is 12.4 Å². The molecular formula is C14H16N2O3. The van der Waals surface area contributed by atoms with Crippen molar-refractivity contribution < 1.29 is 14.7 Å². The molecular weight excluding hydrogens is 244 g/mol. The van der Waals surface area contributed by atoms with Gasteiger partial charge in [-0.3, -0.25) is 19.5 Å². The van der Waals surface area contributed by atoms with E-state index in [1.54, 1.807) is 6.07 Å². The van der Waals surface area contributed by atoms with Crippen molar-refractivity contribution >= 4 is 11.8 Å². The highest BCUT2D eigenvalue weighted by molar-refractivity contribution is 6.21. The van der Waals surface area contributed by atoms with Crippen LogP contribution in [0, 0.1) is 0 Å². The van der Waals surface area contributed by atoms with Gasteiger partial charge >= 0.3 is 0 Å². The Morgan fingerprint density at radius 1 is 1.16 bits per heavy atom. The number of pyridine rings is 1. The van der Waals surface area contributed by atoms with Crippen LogP contribution in [0.1, 0.15) is 52.8 Å². The largest absolute Gasteiger partial charge is 0.388 e. The van der Waals surface area contributed by atoms with E-state index < -0.39 is 5.60 Å². The number of amides is 2. The summed E-state index contributed by atoms with van der Waals surface area (Å²) in [6.07, 6.45) is 7.22. The van der Waals surface area contributed by atoms with Gasteiger partial charge in [0.2, 0.25) is 0 Å². The molecule has 19 heavy (non-hydrogen) atoms. The minimum Gasteiger partial charge on any atom is -0.388 e. The Kier molecular flexibility index (Phi) is 2.86. The SMILES string of the molecule is O=C1c2ccncc2C(=O)N1CC1(O)CCCCC1. The molecule has 5 nitrogen and oxygen atoms in total. The smallest absolute Gasteiger partial charge is 0.263 e. The quantitative estimate of drug-likeness (QED) is 0.815. The number of hydrogen-bond donors (Lipinski definition) is 1. The molecule has 1 aromatic heterocycles. The van der Waals surface area contributed by atoms with Gasteiger partial charge in [-0.15, -0.1) is 0 Å².